The van der Waals surface area contributed by atoms with Crippen LogP contribution in [0, 0.1) is 0 Å². The Balaban J connectivity index is 2.19. The highest BCUT2D eigenvalue weighted by atomic mass is 16.5. The van der Waals surface area contributed by atoms with Crippen molar-refractivity contribution in [3.8, 4) is 5.75 Å². The second-order valence-electron chi connectivity index (χ2n) is 7.19. The molecule has 5 nitrogen and oxygen atoms in total. The highest BCUT2D eigenvalue weighted by molar-refractivity contribution is 6.04. The molecule has 0 saturated carbocycles. The van der Waals surface area contributed by atoms with Crippen molar-refractivity contribution < 1.29 is 19.1 Å². The number of esters is 1. The maximum atomic E-state index is 12.9. The largest absolute Gasteiger partial charge is 0.491 e. The summed E-state index contributed by atoms with van der Waals surface area (Å²) in [6.07, 6.45) is 2.11. The van der Waals surface area contributed by atoms with E-state index >= 15 is 0 Å². The molecule has 2 aliphatic rings. The molecule has 0 bridgehead atoms. The molecule has 1 aromatic rings. The van der Waals surface area contributed by atoms with Gasteiger partial charge >= 0.3 is 5.97 Å². The normalized spacial score (nSPS) is 19.7. The van der Waals surface area contributed by atoms with Crippen LogP contribution in [0.25, 0.3) is 0 Å². The Hall–Kier alpha value is -2.56. The van der Waals surface area contributed by atoms with Crippen molar-refractivity contribution in [2.45, 2.75) is 59.0 Å². The molecule has 27 heavy (non-hydrogen) atoms. The average Bonchev–Trinajstić information content (AvgIpc) is 2.61. The number of nitrogens with one attached hydrogen (secondary N) is 1. The van der Waals surface area contributed by atoms with Crippen molar-refractivity contribution in [2.24, 2.45) is 0 Å². The molecule has 0 amide bonds. The molecule has 1 aliphatic carbocycles. The third-order valence-electron chi connectivity index (χ3n) is 4.86. The lowest BCUT2D eigenvalue weighted by atomic mass is 9.75. The Kier molecular flexibility index (Phi) is 5.68. The zero-order chi connectivity index (χ0) is 19.6. The average molecular weight is 369 g/mol. The number of hydrogen-bond acceptors (Lipinski definition) is 5. The molecule has 1 heterocycles. The number of benzene rings is 1. The first-order valence-electron chi connectivity index (χ1n) is 9.60. The van der Waals surface area contributed by atoms with Gasteiger partial charge in [-0.1, -0.05) is 18.2 Å². The monoisotopic (exact) mass is 369 g/mol. The fraction of sp³-hybridized carbons (Fsp3) is 0.455. The van der Waals surface area contributed by atoms with Crippen molar-refractivity contribution in [3.05, 3.63) is 52.4 Å². The Morgan fingerprint density at radius 3 is 2.70 bits per heavy atom. The molecule has 0 saturated heterocycles. The Morgan fingerprint density at radius 2 is 2.00 bits per heavy atom. The first kappa shape index (κ1) is 19.2. The molecule has 1 N–H and O–H groups in total. The SMILES string of the molecule is CCOC(=O)C1=C(C)NC2=C(C(=O)CCC2)[C@@H]1c1ccccc1OC(C)C. The zero-order valence-corrected chi connectivity index (χ0v) is 16.4. The topological polar surface area (TPSA) is 64.6 Å². The summed E-state index contributed by atoms with van der Waals surface area (Å²) in [5.74, 6) is -0.0820. The van der Waals surface area contributed by atoms with Crippen LogP contribution in [-0.2, 0) is 14.3 Å². The number of carbonyl (C=O) groups excluding carboxylic acids is 2. The smallest absolute Gasteiger partial charge is 0.336 e. The van der Waals surface area contributed by atoms with Crippen LogP contribution < -0.4 is 10.1 Å². The van der Waals surface area contributed by atoms with Gasteiger partial charge in [-0.05, 0) is 46.6 Å². The van der Waals surface area contributed by atoms with Gasteiger partial charge < -0.3 is 14.8 Å². The Morgan fingerprint density at radius 1 is 1.26 bits per heavy atom. The first-order chi connectivity index (χ1) is 12.9. The number of rotatable bonds is 5. The van der Waals surface area contributed by atoms with E-state index in [4.69, 9.17) is 9.47 Å². The summed E-state index contributed by atoms with van der Waals surface area (Å²) in [6.45, 7) is 7.86. The number of para-hydroxylation sites is 1. The fourth-order valence-electron chi connectivity index (χ4n) is 3.85. The number of dihydropyridines is 1. The van der Waals surface area contributed by atoms with E-state index in [-0.39, 0.29) is 18.5 Å². The van der Waals surface area contributed by atoms with Crippen LogP contribution in [0.4, 0.5) is 0 Å². The molecule has 0 fully saturated rings. The lowest BCUT2D eigenvalue weighted by molar-refractivity contribution is -0.138. The lowest BCUT2D eigenvalue weighted by Crippen LogP contribution is -2.34. The molecule has 0 radical (unpaired) electrons. The molecular weight excluding hydrogens is 342 g/mol. The summed E-state index contributed by atoms with van der Waals surface area (Å²) in [7, 11) is 0. The number of Topliss-reactive ketones (excluding diaryl/α,β-unsaturated/α-hetero) is 1. The summed E-state index contributed by atoms with van der Waals surface area (Å²) in [5, 5.41) is 3.29. The molecule has 0 spiro atoms. The van der Waals surface area contributed by atoms with Gasteiger partial charge in [0.25, 0.3) is 0 Å². The Labute approximate surface area is 160 Å². The van der Waals surface area contributed by atoms with Gasteiger partial charge in [0.2, 0.25) is 0 Å². The van der Waals surface area contributed by atoms with E-state index in [1.807, 2.05) is 45.0 Å². The van der Waals surface area contributed by atoms with Crippen LogP contribution in [0.5, 0.6) is 5.75 Å². The van der Waals surface area contributed by atoms with Gasteiger partial charge in [-0.2, -0.15) is 0 Å². The van der Waals surface area contributed by atoms with Crippen molar-refractivity contribution in [1.29, 1.82) is 0 Å². The third kappa shape index (κ3) is 3.77. The van der Waals surface area contributed by atoms with Gasteiger partial charge in [-0.15, -0.1) is 0 Å². The summed E-state index contributed by atoms with van der Waals surface area (Å²) < 4.78 is 11.3. The third-order valence-corrected chi connectivity index (χ3v) is 4.86. The van der Waals surface area contributed by atoms with Crippen molar-refractivity contribution in [3.63, 3.8) is 0 Å². The minimum Gasteiger partial charge on any atom is -0.491 e. The van der Waals surface area contributed by atoms with Crippen LogP contribution in [0.15, 0.2) is 46.8 Å². The summed E-state index contributed by atoms with van der Waals surface area (Å²) in [5.41, 5.74) is 3.66. The predicted molar refractivity (Wildman–Crippen MR) is 103 cm³/mol. The van der Waals surface area contributed by atoms with Crippen molar-refractivity contribution in [1.82, 2.24) is 5.32 Å². The van der Waals surface area contributed by atoms with E-state index in [2.05, 4.69) is 5.32 Å². The van der Waals surface area contributed by atoms with Crippen LogP contribution in [-0.4, -0.2) is 24.5 Å². The maximum Gasteiger partial charge on any atom is 0.336 e. The van der Waals surface area contributed by atoms with Crippen LogP contribution in [0.3, 0.4) is 0 Å². The number of ketones is 1. The number of allylic oxidation sites excluding steroid dienone is 3. The molecule has 144 valence electrons. The van der Waals surface area contributed by atoms with Gasteiger partial charge in [-0.3, -0.25) is 4.79 Å². The summed E-state index contributed by atoms with van der Waals surface area (Å²) in [6, 6.07) is 7.65. The standard InChI is InChI=1S/C22H27NO4/c1-5-26-22(25)19-14(4)23-16-10-8-11-17(24)21(16)20(19)15-9-6-7-12-18(15)27-13(2)3/h6-7,9,12-13,20,23H,5,8,10-11H2,1-4H3/t20-/m1/s1. The molecule has 0 aromatic heterocycles. The van der Waals surface area contributed by atoms with Gasteiger partial charge in [0.15, 0.2) is 5.78 Å². The van der Waals surface area contributed by atoms with Crippen molar-refractivity contribution >= 4 is 11.8 Å². The fourth-order valence-corrected chi connectivity index (χ4v) is 3.85. The van der Waals surface area contributed by atoms with E-state index in [1.165, 1.54) is 0 Å². The summed E-state index contributed by atoms with van der Waals surface area (Å²) in [4.78, 5) is 25.7. The van der Waals surface area contributed by atoms with Gasteiger partial charge in [0.1, 0.15) is 5.75 Å². The van der Waals surface area contributed by atoms with E-state index in [0.717, 1.165) is 29.8 Å². The van der Waals surface area contributed by atoms with Crippen LogP contribution >= 0.6 is 0 Å². The van der Waals surface area contributed by atoms with Crippen molar-refractivity contribution in [2.75, 3.05) is 6.61 Å². The van der Waals surface area contributed by atoms with Gasteiger partial charge in [0.05, 0.1) is 24.2 Å². The predicted octanol–water partition coefficient (Wildman–Crippen LogP) is 4.00. The molecular formula is C22H27NO4. The minimum absolute atomic E-state index is 0.0144. The van der Waals surface area contributed by atoms with Crippen LogP contribution in [0.1, 0.15) is 58.4 Å². The van der Waals surface area contributed by atoms with Gasteiger partial charge in [0, 0.05) is 29.0 Å². The second kappa shape index (κ2) is 7.99. The molecule has 5 heteroatoms. The van der Waals surface area contributed by atoms with Crippen LogP contribution in [0.2, 0.25) is 0 Å². The van der Waals surface area contributed by atoms with Gasteiger partial charge in [-0.25, -0.2) is 4.79 Å². The highest BCUT2D eigenvalue weighted by Crippen LogP contribution is 2.45. The summed E-state index contributed by atoms with van der Waals surface area (Å²) >= 11 is 0. The zero-order valence-electron chi connectivity index (χ0n) is 16.4. The minimum atomic E-state index is -0.469. The lowest BCUT2D eigenvalue weighted by Gasteiger charge is -2.34. The molecule has 1 aliphatic heterocycles. The second-order valence-corrected chi connectivity index (χ2v) is 7.19. The molecule has 3 rings (SSSR count). The Bertz CT molecular complexity index is 819. The number of hydrogen-bond donors (Lipinski definition) is 1. The number of carbonyl (C=O) groups is 2. The highest BCUT2D eigenvalue weighted by Gasteiger charge is 2.40. The molecule has 1 aromatic carbocycles. The van der Waals surface area contributed by atoms with E-state index in [0.29, 0.717) is 23.3 Å². The molecule has 0 unspecified atom stereocenters. The first-order valence-corrected chi connectivity index (χ1v) is 9.60. The maximum absolute atomic E-state index is 12.9. The van der Waals surface area contributed by atoms with E-state index in [1.54, 1.807) is 6.92 Å². The van der Waals surface area contributed by atoms with E-state index in [9.17, 15) is 9.59 Å². The molecule has 1 atom stereocenters. The van der Waals surface area contributed by atoms with E-state index < -0.39 is 11.9 Å². The quantitative estimate of drug-likeness (QED) is 0.795. The number of ether oxygens (including phenoxy) is 2.